The fourth-order valence-corrected chi connectivity index (χ4v) is 4.52. The molecule has 2 aromatic rings. The molecule has 0 atom stereocenters. The lowest BCUT2D eigenvalue weighted by Crippen LogP contribution is -2.39. The number of likely N-dealkylation sites (tertiary alicyclic amines) is 1. The molecule has 0 aliphatic carbocycles. The van der Waals surface area contributed by atoms with Gasteiger partial charge in [-0.15, -0.1) is 0 Å². The predicted molar refractivity (Wildman–Crippen MR) is 121 cm³/mol. The minimum Gasteiger partial charge on any atom is -0.380 e. The smallest absolute Gasteiger partial charge is 0.253 e. The number of carbonyl (C=O) groups excluding carboxylic acids is 2. The van der Waals surface area contributed by atoms with Crippen molar-refractivity contribution in [3.8, 4) is 0 Å². The van der Waals surface area contributed by atoms with Crippen molar-refractivity contribution in [2.75, 3.05) is 39.1 Å². The second-order valence-electron chi connectivity index (χ2n) is 8.49. The number of benzene rings is 1. The van der Waals surface area contributed by atoms with E-state index in [0.29, 0.717) is 38.3 Å². The number of fused-ring (bicyclic) bond motifs is 1. The van der Waals surface area contributed by atoms with E-state index in [9.17, 15) is 9.59 Å². The van der Waals surface area contributed by atoms with E-state index < -0.39 is 0 Å². The van der Waals surface area contributed by atoms with Crippen LogP contribution in [0.5, 0.6) is 0 Å². The Balaban J connectivity index is 1.43. The largest absolute Gasteiger partial charge is 0.380 e. The molecule has 0 spiro atoms. The first-order chi connectivity index (χ1) is 15.5. The van der Waals surface area contributed by atoms with Crippen molar-refractivity contribution in [2.24, 2.45) is 0 Å². The number of amides is 2. The molecular formula is C24H31N5O3. The number of hydrogen-bond acceptors (Lipinski definition) is 6. The average molecular weight is 438 g/mol. The molecule has 1 fully saturated rings. The molecule has 0 unspecified atom stereocenters. The number of rotatable bonds is 5. The maximum atomic E-state index is 12.9. The topological polar surface area (TPSA) is 87.7 Å². The van der Waals surface area contributed by atoms with Crippen molar-refractivity contribution in [2.45, 2.75) is 45.3 Å². The van der Waals surface area contributed by atoms with Crippen LogP contribution in [0.1, 0.15) is 58.7 Å². The van der Waals surface area contributed by atoms with Gasteiger partial charge in [-0.05, 0) is 30.5 Å². The Hall–Kier alpha value is -3.00. The van der Waals surface area contributed by atoms with Gasteiger partial charge in [-0.25, -0.2) is 9.97 Å². The predicted octanol–water partition coefficient (Wildman–Crippen LogP) is 2.59. The Morgan fingerprint density at radius 1 is 1.09 bits per heavy atom. The highest BCUT2D eigenvalue weighted by atomic mass is 16.5. The van der Waals surface area contributed by atoms with E-state index in [1.807, 2.05) is 41.1 Å². The zero-order valence-corrected chi connectivity index (χ0v) is 19.1. The molecule has 2 aliphatic heterocycles. The molecule has 8 nitrogen and oxygen atoms in total. The summed E-state index contributed by atoms with van der Waals surface area (Å²) in [7, 11) is 3.52. The molecule has 1 saturated heterocycles. The number of nitrogens with zero attached hydrogens (tertiary/aromatic N) is 4. The zero-order valence-electron chi connectivity index (χ0n) is 19.1. The Morgan fingerprint density at radius 2 is 1.81 bits per heavy atom. The van der Waals surface area contributed by atoms with E-state index in [2.05, 4.69) is 5.32 Å². The molecule has 170 valence electrons. The van der Waals surface area contributed by atoms with Gasteiger partial charge in [0.1, 0.15) is 11.6 Å². The van der Waals surface area contributed by atoms with Gasteiger partial charge in [0.25, 0.3) is 5.91 Å². The lowest BCUT2D eigenvalue weighted by atomic mass is 9.94. The van der Waals surface area contributed by atoms with Crippen molar-refractivity contribution in [3.05, 3.63) is 52.5 Å². The lowest BCUT2D eigenvalue weighted by molar-refractivity contribution is -0.129. The summed E-state index contributed by atoms with van der Waals surface area (Å²) in [6.45, 7) is 4.77. The van der Waals surface area contributed by atoms with Crippen LogP contribution < -0.4 is 5.32 Å². The van der Waals surface area contributed by atoms with E-state index in [0.717, 1.165) is 47.7 Å². The number of carbonyl (C=O) groups is 2. The first-order valence-electron chi connectivity index (χ1n) is 11.2. The van der Waals surface area contributed by atoms with Crippen LogP contribution in [-0.2, 0) is 29.1 Å². The van der Waals surface area contributed by atoms with Crippen molar-refractivity contribution in [3.63, 3.8) is 0 Å². The Bertz CT molecular complexity index is 967. The third-order valence-corrected chi connectivity index (χ3v) is 6.42. The Morgan fingerprint density at radius 3 is 2.44 bits per heavy atom. The van der Waals surface area contributed by atoms with Crippen LogP contribution >= 0.6 is 0 Å². The summed E-state index contributed by atoms with van der Waals surface area (Å²) in [4.78, 5) is 38.1. The Labute approximate surface area is 189 Å². The first-order valence-corrected chi connectivity index (χ1v) is 11.2. The number of aromatic nitrogens is 2. The summed E-state index contributed by atoms with van der Waals surface area (Å²) in [5.74, 6) is 2.03. The minimum absolute atomic E-state index is 0.0685. The maximum absolute atomic E-state index is 12.9. The summed E-state index contributed by atoms with van der Waals surface area (Å²) in [5, 5.41) is 3.19. The molecule has 2 amide bonds. The van der Waals surface area contributed by atoms with Crippen molar-refractivity contribution >= 4 is 17.6 Å². The average Bonchev–Trinajstić information content (AvgIpc) is 2.83. The number of hydrogen-bond donors (Lipinski definition) is 1. The van der Waals surface area contributed by atoms with Crippen LogP contribution in [0.3, 0.4) is 0 Å². The molecule has 0 bridgehead atoms. The summed E-state index contributed by atoms with van der Waals surface area (Å²) < 4.78 is 5.14. The van der Waals surface area contributed by atoms with Crippen LogP contribution in [-0.4, -0.2) is 65.4 Å². The van der Waals surface area contributed by atoms with Crippen LogP contribution in [0.2, 0.25) is 0 Å². The highest BCUT2D eigenvalue weighted by molar-refractivity contribution is 5.94. The van der Waals surface area contributed by atoms with E-state index in [1.165, 1.54) is 0 Å². The van der Waals surface area contributed by atoms with Crippen molar-refractivity contribution < 1.29 is 14.3 Å². The van der Waals surface area contributed by atoms with Gasteiger partial charge in [0.2, 0.25) is 5.91 Å². The second kappa shape index (κ2) is 9.65. The van der Waals surface area contributed by atoms with Gasteiger partial charge in [0.15, 0.2) is 0 Å². The number of ether oxygens (including phenoxy) is 1. The highest BCUT2D eigenvalue weighted by Crippen LogP contribution is 2.31. The van der Waals surface area contributed by atoms with E-state index in [4.69, 9.17) is 14.7 Å². The molecule has 1 aromatic heterocycles. The number of methoxy groups -OCH3 is 1. The third-order valence-electron chi connectivity index (χ3n) is 6.42. The van der Waals surface area contributed by atoms with Gasteiger partial charge in [-0.1, -0.05) is 12.1 Å². The van der Waals surface area contributed by atoms with E-state index in [1.54, 1.807) is 14.0 Å². The number of piperidine rings is 1. The monoisotopic (exact) mass is 437 g/mol. The van der Waals surface area contributed by atoms with E-state index in [-0.39, 0.29) is 17.7 Å². The van der Waals surface area contributed by atoms with Crippen LogP contribution in [0, 0.1) is 0 Å². The molecule has 1 N–H and O–H groups in total. The third kappa shape index (κ3) is 4.60. The molecule has 8 heteroatoms. The summed E-state index contributed by atoms with van der Waals surface area (Å²) in [6, 6.07) is 7.63. The maximum Gasteiger partial charge on any atom is 0.253 e. The fourth-order valence-electron chi connectivity index (χ4n) is 4.52. The second-order valence-corrected chi connectivity index (χ2v) is 8.49. The summed E-state index contributed by atoms with van der Waals surface area (Å²) in [6.07, 6.45) is 2.43. The quantitative estimate of drug-likeness (QED) is 0.774. The van der Waals surface area contributed by atoms with Gasteiger partial charge in [0, 0.05) is 64.2 Å². The molecule has 0 radical (unpaired) electrons. The van der Waals surface area contributed by atoms with Gasteiger partial charge in [-0.2, -0.15) is 0 Å². The van der Waals surface area contributed by atoms with Crippen LogP contribution in [0.15, 0.2) is 24.3 Å². The fraction of sp³-hybridized carbons (Fsp3) is 0.500. The van der Waals surface area contributed by atoms with Gasteiger partial charge >= 0.3 is 0 Å². The normalized spacial score (nSPS) is 16.6. The molecule has 0 saturated carbocycles. The van der Waals surface area contributed by atoms with Gasteiger partial charge in [-0.3, -0.25) is 9.59 Å². The lowest BCUT2D eigenvalue weighted by Gasteiger charge is -2.33. The molecule has 3 heterocycles. The van der Waals surface area contributed by atoms with Gasteiger partial charge < -0.3 is 19.9 Å². The number of nitrogens with one attached hydrogen (secondary N) is 1. The summed E-state index contributed by atoms with van der Waals surface area (Å²) in [5.41, 5.74) is 3.81. The molecule has 1 aromatic carbocycles. The van der Waals surface area contributed by atoms with Crippen molar-refractivity contribution in [1.82, 2.24) is 19.8 Å². The summed E-state index contributed by atoms with van der Waals surface area (Å²) >= 11 is 0. The molecule has 2 aliphatic rings. The minimum atomic E-state index is 0.0685. The van der Waals surface area contributed by atoms with E-state index >= 15 is 0 Å². The Kier molecular flexibility index (Phi) is 6.69. The van der Waals surface area contributed by atoms with Crippen LogP contribution in [0.4, 0.5) is 5.82 Å². The van der Waals surface area contributed by atoms with Crippen LogP contribution in [0.25, 0.3) is 0 Å². The highest BCUT2D eigenvalue weighted by Gasteiger charge is 2.29. The van der Waals surface area contributed by atoms with Gasteiger partial charge in [0.05, 0.1) is 18.8 Å². The first kappa shape index (κ1) is 22.2. The molecule has 32 heavy (non-hydrogen) atoms. The molecular weight excluding hydrogens is 406 g/mol. The molecule has 4 rings (SSSR count). The zero-order chi connectivity index (χ0) is 22.7. The van der Waals surface area contributed by atoms with Crippen molar-refractivity contribution in [1.29, 1.82) is 0 Å². The standard InChI is InChI=1S/C24H31N5O3/c1-16(30)29-13-10-21-20(14-29)23(25-2)27-22(26-21)18-8-11-28(12-9-18)24(31)19-6-4-17(5-7-19)15-32-3/h4-7,18H,8-15H2,1-3H3,(H,25,26,27). The SMILES string of the molecule is CNc1nc(C2CCN(C(=O)c3ccc(COC)cc3)CC2)nc2c1CN(C(C)=O)CC2. The number of anilines is 1.